The van der Waals surface area contributed by atoms with Crippen molar-refractivity contribution in [3.05, 3.63) is 71.3 Å². The van der Waals surface area contributed by atoms with Crippen LogP contribution in [0.3, 0.4) is 0 Å². The lowest BCUT2D eigenvalue weighted by molar-refractivity contribution is 0.297. The van der Waals surface area contributed by atoms with E-state index in [1.807, 2.05) is 61.5 Å². The van der Waals surface area contributed by atoms with Gasteiger partial charge < -0.3 is 9.29 Å². The van der Waals surface area contributed by atoms with E-state index in [0.29, 0.717) is 12.4 Å². The molecule has 0 spiro atoms. The van der Waals surface area contributed by atoms with Crippen LogP contribution in [0.25, 0.3) is 10.7 Å². The van der Waals surface area contributed by atoms with Gasteiger partial charge in [-0.3, -0.25) is 0 Å². The van der Waals surface area contributed by atoms with E-state index >= 15 is 0 Å². The molecule has 0 radical (unpaired) electrons. The minimum absolute atomic E-state index is 0.506. The van der Waals surface area contributed by atoms with Gasteiger partial charge in [-0.2, -0.15) is 0 Å². The number of hydrogen-bond donors (Lipinski definition) is 0. The standard InChI is InChI=1S/C17H16O2S/c1-13-7-9-15(10-8-13)17-16(19-11-12-20(17)18)14-5-3-2-4-6-14/h2-10H,11-12H2,1H3. The fraction of sp³-hybridized carbons (Fsp3) is 0.176. The van der Waals surface area contributed by atoms with Crippen molar-refractivity contribution in [1.29, 1.82) is 0 Å². The second-order valence-corrected chi connectivity index (χ2v) is 6.30. The lowest BCUT2D eigenvalue weighted by Crippen LogP contribution is -2.20. The Balaban J connectivity index is 2.14. The summed E-state index contributed by atoms with van der Waals surface area (Å²) in [5, 5.41) is 0. The Morgan fingerprint density at radius 1 is 0.950 bits per heavy atom. The predicted octanol–water partition coefficient (Wildman–Crippen LogP) is 3.60. The number of hydrogen-bond acceptors (Lipinski definition) is 2. The lowest BCUT2D eigenvalue weighted by atomic mass is 10.1. The van der Waals surface area contributed by atoms with Crippen LogP contribution in [0.2, 0.25) is 0 Å². The molecule has 3 rings (SSSR count). The van der Waals surface area contributed by atoms with Crippen LogP contribution in [0.5, 0.6) is 0 Å². The molecular formula is C17H16O2S. The Kier molecular flexibility index (Phi) is 3.81. The molecule has 0 N–H and O–H groups in total. The molecule has 2 aromatic carbocycles. The highest BCUT2D eigenvalue weighted by Crippen LogP contribution is 2.35. The molecule has 0 saturated carbocycles. The van der Waals surface area contributed by atoms with Crippen LogP contribution in [-0.4, -0.2) is 16.9 Å². The summed E-state index contributed by atoms with van der Waals surface area (Å²) in [6.07, 6.45) is 0. The van der Waals surface area contributed by atoms with Crippen molar-refractivity contribution in [2.75, 3.05) is 12.4 Å². The highest BCUT2D eigenvalue weighted by Gasteiger charge is 2.29. The normalized spacial score (nSPS) is 18.8. The quantitative estimate of drug-likeness (QED) is 0.789. The molecule has 2 nitrogen and oxygen atoms in total. The molecule has 0 fully saturated rings. The van der Waals surface area contributed by atoms with E-state index < -0.39 is 11.2 Å². The molecule has 2 aromatic rings. The Labute approximate surface area is 122 Å². The number of ether oxygens (including phenoxy) is 1. The van der Waals surface area contributed by atoms with Gasteiger partial charge in [0.05, 0.1) is 0 Å². The summed E-state index contributed by atoms with van der Waals surface area (Å²) >= 11 is -1.01. The third-order valence-corrected chi connectivity index (χ3v) is 4.71. The van der Waals surface area contributed by atoms with E-state index in [0.717, 1.165) is 21.8 Å². The average Bonchev–Trinajstić information content (AvgIpc) is 2.49. The van der Waals surface area contributed by atoms with Crippen LogP contribution in [-0.2, 0) is 15.9 Å². The molecular weight excluding hydrogens is 268 g/mol. The first-order chi connectivity index (χ1) is 9.75. The van der Waals surface area contributed by atoms with Gasteiger partial charge in [0.15, 0.2) is 5.76 Å². The summed E-state index contributed by atoms with van der Waals surface area (Å²) in [6, 6.07) is 18.0. The summed E-state index contributed by atoms with van der Waals surface area (Å²) in [6.45, 7) is 2.55. The van der Waals surface area contributed by atoms with Gasteiger partial charge in [-0.05, 0) is 30.2 Å². The minimum atomic E-state index is -1.01. The molecule has 1 aliphatic heterocycles. The van der Waals surface area contributed by atoms with Crippen molar-refractivity contribution < 1.29 is 9.29 Å². The van der Waals surface area contributed by atoms with Crippen molar-refractivity contribution in [2.24, 2.45) is 0 Å². The molecule has 1 atom stereocenters. The van der Waals surface area contributed by atoms with Crippen molar-refractivity contribution in [3.8, 4) is 0 Å². The largest absolute Gasteiger partial charge is 0.611 e. The SMILES string of the molecule is Cc1ccc(C2=C(c3ccccc3)OCC[S+]2[O-])cc1. The first-order valence-electron chi connectivity index (χ1n) is 6.63. The summed E-state index contributed by atoms with van der Waals surface area (Å²) in [4.78, 5) is 0.808. The molecule has 1 unspecified atom stereocenters. The first kappa shape index (κ1) is 13.3. The van der Waals surface area contributed by atoms with E-state index in [-0.39, 0.29) is 0 Å². The molecule has 1 aliphatic rings. The maximum Gasteiger partial charge on any atom is 0.202 e. The Morgan fingerprint density at radius 2 is 1.65 bits per heavy atom. The molecule has 20 heavy (non-hydrogen) atoms. The number of benzene rings is 2. The number of rotatable bonds is 2. The monoisotopic (exact) mass is 284 g/mol. The van der Waals surface area contributed by atoms with Gasteiger partial charge in [0.2, 0.25) is 4.91 Å². The molecule has 0 bridgehead atoms. The van der Waals surface area contributed by atoms with Crippen molar-refractivity contribution in [1.82, 2.24) is 0 Å². The maximum absolute atomic E-state index is 12.4. The third-order valence-electron chi connectivity index (χ3n) is 3.30. The van der Waals surface area contributed by atoms with E-state index in [9.17, 15) is 4.55 Å². The molecule has 0 aliphatic carbocycles. The summed E-state index contributed by atoms with van der Waals surface area (Å²) < 4.78 is 18.3. The van der Waals surface area contributed by atoms with Gasteiger partial charge in [0.25, 0.3) is 0 Å². The van der Waals surface area contributed by atoms with Crippen molar-refractivity contribution >= 4 is 21.8 Å². The molecule has 0 saturated heterocycles. The van der Waals surface area contributed by atoms with Crippen LogP contribution in [0.4, 0.5) is 0 Å². The van der Waals surface area contributed by atoms with Crippen LogP contribution in [0.15, 0.2) is 54.6 Å². The van der Waals surface area contributed by atoms with E-state index in [1.54, 1.807) is 0 Å². The lowest BCUT2D eigenvalue weighted by Gasteiger charge is -2.23. The second kappa shape index (κ2) is 5.73. The highest BCUT2D eigenvalue weighted by molar-refractivity contribution is 8.00. The average molecular weight is 284 g/mol. The van der Waals surface area contributed by atoms with Gasteiger partial charge in [-0.15, -0.1) is 0 Å². The molecule has 3 heteroatoms. The fourth-order valence-electron chi connectivity index (χ4n) is 2.26. The maximum atomic E-state index is 12.4. The highest BCUT2D eigenvalue weighted by atomic mass is 32.2. The zero-order valence-electron chi connectivity index (χ0n) is 11.3. The number of aryl methyl sites for hydroxylation is 1. The Hall–Kier alpha value is -1.71. The van der Waals surface area contributed by atoms with Gasteiger partial charge in [0.1, 0.15) is 12.4 Å². The van der Waals surface area contributed by atoms with Crippen LogP contribution in [0.1, 0.15) is 16.7 Å². The second-order valence-electron chi connectivity index (χ2n) is 4.79. The molecule has 1 heterocycles. The summed E-state index contributed by atoms with van der Waals surface area (Å²) in [7, 11) is 0. The fourth-order valence-corrected chi connectivity index (χ4v) is 3.48. The van der Waals surface area contributed by atoms with Crippen LogP contribution < -0.4 is 0 Å². The molecule has 102 valence electrons. The third kappa shape index (κ3) is 2.60. The zero-order chi connectivity index (χ0) is 13.9. The zero-order valence-corrected chi connectivity index (χ0v) is 12.2. The van der Waals surface area contributed by atoms with Gasteiger partial charge >= 0.3 is 0 Å². The van der Waals surface area contributed by atoms with E-state index in [1.165, 1.54) is 5.56 Å². The van der Waals surface area contributed by atoms with Gasteiger partial charge in [-0.25, -0.2) is 0 Å². The first-order valence-corrected chi connectivity index (χ1v) is 7.95. The predicted molar refractivity (Wildman–Crippen MR) is 83.4 cm³/mol. The van der Waals surface area contributed by atoms with Gasteiger partial charge in [0, 0.05) is 11.1 Å². The molecule has 0 amide bonds. The Morgan fingerprint density at radius 3 is 2.35 bits per heavy atom. The summed E-state index contributed by atoms with van der Waals surface area (Å²) in [5.74, 6) is 1.30. The molecule has 0 aromatic heterocycles. The van der Waals surface area contributed by atoms with E-state index in [4.69, 9.17) is 4.74 Å². The van der Waals surface area contributed by atoms with Crippen molar-refractivity contribution in [3.63, 3.8) is 0 Å². The summed E-state index contributed by atoms with van der Waals surface area (Å²) in [5.41, 5.74) is 3.15. The smallest absolute Gasteiger partial charge is 0.202 e. The van der Waals surface area contributed by atoms with Crippen LogP contribution in [0, 0.1) is 6.92 Å². The van der Waals surface area contributed by atoms with E-state index in [2.05, 4.69) is 0 Å². The van der Waals surface area contributed by atoms with Crippen molar-refractivity contribution in [2.45, 2.75) is 6.92 Å². The minimum Gasteiger partial charge on any atom is -0.611 e. The Bertz CT molecular complexity index is 617. The van der Waals surface area contributed by atoms with Crippen LogP contribution >= 0.6 is 0 Å². The topological polar surface area (TPSA) is 32.3 Å². The van der Waals surface area contributed by atoms with Gasteiger partial charge in [-0.1, -0.05) is 48.0 Å².